The highest BCUT2D eigenvalue weighted by Crippen LogP contribution is 2.21. The van der Waals surface area contributed by atoms with Gasteiger partial charge in [-0.1, -0.05) is 12.1 Å². The minimum Gasteiger partial charge on any atom is -0.465 e. The first-order valence-electron chi connectivity index (χ1n) is 6.38. The monoisotopic (exact) mass is 304 g/mol. The first-order chi connectivity index (χ1) is 10.0. The van der Waals surface area contributed by atoms with Crippen LogP contribution < -0.4 is 4.90 Å². The van der Waals surface area contributed by atoms with Crippen LogP contribution in [0.5, 0.6) is 0 Å². The number of thiazole rings is 1. The summed E-state index contributed by atoms with van der Waals surface area (Å²) in [5.74, 6) is -0.591. The van der Waals surface area contributed by atoms with E-state index >= 15 is 0 Å². The molecule has 1 aromatic carbocycles. The molecule has 0 radical (unpaired) electrons. The van der Waals surface area contributed by atoms with Crippen molar-refractivity contribution in [3.8, 4) is 0 Å². The predicted octanol–water partition coefficient (Wildman–Crippen LogP) is 2.44. The number of amides is 1. The van der Waals surface area contributed by atoms with Crippen molar-refractivity contribution in [2.45, 2.75) is 13.3 Å². The Bertz CT molecular complexity index is 666. The van der Waals surface area contributed by atoms with Crippen LogP contribution in [0.15, 0.2) is 29.6 Å². The number of methoxy groups -OCH3 is 1. The molecule has 0 N–H and O–H groups in total. The fourth-order valence-corrected chi connectivity index (χ4v) is 2.56. The molecule has 21 heavy (non-hydrogen) atoms. The summed E-state index contributed by atoms with van der Waals surface area (Å²) in [5, 5.41) is 2.79. The van der Waals surface area contributed by atoms with E-state index in [9.17, 15) is 9.59 Å². The number of anilines is 1. The van der Waals surface area contributed by atoms with E-state index in [0.29, 0.717) is 11.3 Å². The molecule has 1 aromatic heterocycles. The Morgan fingerprint density at radius 3 is 2.67 bits per heavy atom. The SMILES string of the molecule is COC(=O)c1ccccc1N(C)C(=O)Cc1csc(C)n1. The molecular weight excluding hydrogens is 288 g/mol. The van der Waals surface area contributed by atoms with Crippen molar-refractivity contribution >= 4 is 28.9 Å². The maximum absolute atomic E-state index is 12.3. The number of carbonyl (C=O) groups excluding carboxylic acids is 2. The summed E-state index contributed by atoms with van der Waals surface area (Å²) in [4.78, 5) is 29.8. The zero-order valence-corrected chi connectivity index (χ0v) is 12.9. The highest BCUT2D eigenvalue weighted by atomic mass is 32.1. The van der Waals surface area contributed by atoms with Gasteiger partial charge in [0.2, 0.25) is 5.91 Å². The minimum atomic E-state index is -0.463. The molecule has 110 valence electrons. The van der Waals surface area contributed by atoms with Crippen LogP contribution in [0.2, 0.25) is 0 Å². The minimum absolute atomic E-state index is 0.128. The van der Waals surface area contributed by atoms with Gasteiger partial charge in [0.05, 0.1) is 35.5 Å². The Hall–Kier alpha value is -2.21. The van der Waals surface area contributed by atoms with E-state index in [1.165, 1.54) is 23.3 Å². The predicted molar refractivity (Wildman–Crippen MR) is 81.7 cm³/mol. The average molecular weight is 304 g/mol. The van der Waals surface area contributed by atoms with Crippen LogP contribution in [0, 0.1) is 6.92 Å². The molecule has 1 heterocycles. The Morgan fingerprint density at radius 1 is 1.33 bits per heavy atom. The average Bonchev–Trinajstić information content (AvgIpc) is 2.90. The number of ether oxygens (including phenoxy) is 1. The topological polar surface area (TPSA) is 59.5 Å². The normalized spacial score (nSPS) is 10.2. The first-order valence-corrected chi connectivity index (χ1v) is 7.25. The zero-order chi connectivity index (χ0) is 15.4. The van der Waals surface area contributed by atoms with Crippen LogP contribution in [0.25, 0.3) is 0 Å². The highest BCUT2D eigenvalue weighted by Gasteiger charge is 2.19. The van der Waals surface area contributed by atoms with Gasteiger partial charge in [0.25, 0.3) is 0 Å². The summed E-state index contributed by atoms with van der Waals surface area (Å²) in [6.45, 7) is 1.90. The summed E-state index contributed by atoms with van der Waals surface area (Å²) < 4.78 is 4.74. The van der Waals surface area contributed by atoms with Crippen molar-refractivity contribution in [3.63, 3.8) is 0 Å². The number of hydrogen-bond acceptors (Lipinski definition) is 5. The molecule has 0 saturated carbocycles. The summed E-state index contributed by atoms with van der Waals surface area (Å²) in [5.41, 5.74) is 1.64. The molecule has 0 saturated heterocycles. The summed E-state index contributed by atoms with van der Waals surface area (Å²) in [6, 6.07) is 6.87. The van der Waals surface area contributed by atoms with Gasteiger partial charge >= 0.3 is 5.97 Å². The van der Waals surface area contributed by atoms with E-state index < -0.39 is 5.97 Å². The van der Waals surface area contributed by atoms with Crippen molar-refractivity contribution in [2.75, 3.05) is 19.1 Å². The van der Waals surface area contributed by atoms with Crippen molar-refractivity contribution in [2.24, 2.45) is 0 Å². The number of carbonyl (C=O) groups is 2. The molecule has 0 bridgehead atoms. The molecule has 0 atom stereocenters. The third-order valence-corrected chi connectivity index (χ3v) is 3.87. The maximum atomic E-state index is 12.3. The van der Waals surface area contributed by atoms with Crippen molar-refractivity contribution in [1.29, 1.82) is 0 Å². The van der Waals surface area contributed by atoms with Gasteiger partial charge in [0, 0.05) is 12.4 Å². The standard InChI is InChI=1S/C15H16N2O3S/c1-10-16-11(9-21-10)8-14(18)17(2)13-7-5-4-6-12(13)15(19)20-3/h4-7,9H,8H2,1-3H3. The quantitative estimate of drug-likeness (QED) is 0.814. The Kier molecular flexibility index (Phi) is 4.70. The van der Waals surface area contributed by atoms with Crippen LogP contribution in [0.1, 0.15) is 21.1 Å². The molecule has 2 aromatic rings. The van der Waals surface area contributed by atoms with Gasteiger partial charge in [-0.3, -0.25) is 4.79 Å². The molecule has 5 nitrogen and oxygen atoms in total. The molecule has 2 rings (SSSR count). The van der Waals surface area contributed by atoms with Crippen molar-refractivity contribution in [3.05, 3.63) is 45.9 Å². The summed E-state index contributed by atoms with van der Waals surface area (Å²) >= 11 is 1.51. The number of benzene rings is 1. The molecular formula is C15H16N2O3S. The second-order valence-corrected chi connectivity index (χ2v) is 5.56. The molecule has 6 heteroatoms. The van der Waals surface area contributed by atoms with Gasteiger partial charge in [-0.2, -0.15) is 0 Å². The smallest absolute Gasteiger partial charge is 0.339 e. The Morgan fingerprint density at radius 2 is 2.05 bits per heavy atom. The van der Waals surface area contributed by atoms with Crippen LogP contribution in [0.3, 0.4) is 0 Å². The second-order valence-electron chi connectivity index (χ2n) is 4.50. The van der Waals surface area contributed by atoms with Crippen molar-refractivity contribution < 1.29 is 14.3 Å². The molecule has 0 unspecified atom stereocenters. The van der Waals surface area contributed by atoms with Crippen LogP contribution in [-0.4, -0.2) is 31.0 Å². The number of aromatic nitrogens is 1. The first kappa shape index (κ1) is 15.2. The van der Waals surface area contributed by atoms with E-state index in [4.69, 9.17) is 4.74 Å². The number of nitrogens with zero attached hydrogens (tertiary/aromatic N) is 2. The fraction of sp³-hybridized carbons (Fsp3) is 0.267. The third-order valence-electron chi connectivity index (χ3n) is 3.04. The number of aryl methyl sites for hydroxylation is 1. The lowest BCUT2D eigenvalue weighted by Gasteiger charge is -2.19. The molecule has 0 aliphatic heterocycles. The lowest BCUT2D eigenvalue weighted by atomic mass is 10.1. The van der Waals surface area contributed by atoms with Gasteiger partial charge in [0.1, 0.15) is 0 Å². The fourth-order valence-electron chi connectivity index (χ4n) is 1.95. The third kappa shape index (κ3) is 3.46. The maximum Gasteiger partial charge on any atom is 0.339 e. The van der Waals surface area contributed by atoms with E-state index in [1.807, 2.05) is 12.3 Å². The van der Waals surface area contributed by atoms with E-state index in [-0.39, 0.29) is 12.3 Å². The van der Waals surface area contributed by atoms with E-state index in [2.05, 4.69) is 4.98 Å². The van der Waals surface area contributed by atoms with E-state index in [1.54, 1.807) is 31.3 Å². The zero-order valence-electron chi connectivity index (χ0n) is 12.1. The lowest BCUT2D eigenvalue weighted by molar-refractivity contribution is -0.117. The largest absolute Gasteiger partial charge is 0.465 e. The van der Waals surface area contributed by atoms with Crippen LogP contribution >= 0.6 is 11.3 Å². The number of para-hydroxylation sites is 1. The molecule has 0 aliphatic rings. The van der Waals surface area contributed by atoms with Crippen LogP contribution in [0.4, 0.5) is 5.69 Å². The lowest BCUT2D eigenvalue weighted by Crippen LogP contribution is -2.29. The molecule has 0 fully saturated rings. The van der Waals surface area contributed by atoms with Crippen molar-refractivity contribution in [1.82, 2.24) is 4.98 Å². The van der Waals surface area contributed by atoms with Gasteiger partial charge in [-0.15, -0.1) is 11.3 Å². The molecule has 1 amide bonds. The Balaban J connectivity index is 2.21. The number of rotatable bonds is 4. The van der Waals surface area contributed by atoms with Gasteiger partial charge in [0.15, 0.2) is 0 Å². The molecule has 0 aliphatic carbocycles. The highest BCUT2D eigenvalue weighted by molar-refractivity contribution is 7.09. The number of hydrogen-bond donors (Lipinski definition) is 0. The molecule has 0 spiro atoms. The van der Waals surface area contributed by atoms with Gasteiger partial charge in [-0.05, 0) is 19.1 Å². The number of esters is 1. The Labute approximate surface area is 127 Å². The van der Waals surface area contributed by atoms with Crippen LogP contribution in [-0.2, 0) is 16.0 Å². The second kappa shape index (κ2) is 6.49. The summed E-state index contributed by atoms with van der Waals surface area (Å²) in [6.07, 6.45) is 0.205. The summed E-state index contributed by atoms with van der Waals surface area (Å²) in [7, 11) is 2.96. The van der Waals surface area contributed by atoms with E-state index in [0.717, 1.165) is 10.7 Å². The number of likely N-dealkylation sites (N-methyl/N-ethyl adjacent to an activating group) is 1. The van der Waals surface area contributed by atoms with Gasteiger partial charge < -0.3 is 9.64 Å². The van der Waals surface area contributed by atoms with Gasteiger partial charge in [-0.25, -0.2) is 9.78 Å².